The van der Waals surface area contributed by atoms with Crippen molar-refractivity contribution < 1.29 is 9.90 Å². The first kappa shape index (κ1) is 11.5. The van der Waals surface area contributed by atoms with Crippen LogP contribution < -0.4 is 0 Å². The zero-order valence-corrected chi connectivity index (χ0v) is 9.42. The number of hydrogen-bond acceptors (Lipinski definition) is 2. The van der Waals surface area contributed by atoms with Gasteiger partial charge < -0.3 is 10.0 Å². The Morgan fingerprint density at radius 2 is 1.93 bits per heavy atom. The minimum Gasteiger partial charge on any atom is -0.481 e. The van der Waals surface area contributed by atoms with E-state index in [1.54, 1.807) is 0 Å². The highest BCUT2D eigenvalue weighted by atomic mass is 16.4. The molecule has 0 amide bonds. The van der Waals surface area contributed by atoms with Crippen molar-refractivity contribution in [2.24, 2.45) is 5.41 Å². The molecule has 0 bridgehead atoms. The van der Waals surface area contributed by atoms with Gasteiger partial charge in [0.2, 0.25) is 0 Å². The van der Waals surface area contributed by atoms with Crippen LogP contribution in [0.15, 0.2) is 0 Å². The van der Waals surface area contributed by atoms with E-state index in [-0.39, 0.29) is 12.5 Å². The molecule has 1 aliphatic heterocycles. The van der Waals surface area contributed by atoms with E-state index >= 15 is 0 Å². The summed E-state index contributed by atoms with van der Waals surface area (Å²) >= 11 is 0. The maximum atomic E-state index is 10.6. The fourth-order valence-electron chi connectivity index (χ4n) is 1.95. The Kier molecular flexibility index (Phi) is 3.53. The third-order valence-electron chi connectivity index (χ3n) is 3.24. The lowest BCUT2D eigenvalue weighted by Gasteiger charge is -2.39. The molecule has 0 aliphatic carbocycles. The van der Waals surface area contributed by atoms with Crippen LogP contribution >= 0.6 is 0 Å². The fourth-order valence-corrected chi connectivity index (χ4v) is 1.95. The summed E-state index contributed by atoms with van der Waals surface area (Å²) in [6.07, 6.45) is 2.62. The monoisotopic (exact) mass is 199 g/mol. The van der Waals surface area contributed by atoms with Crippen LogP contribution in [-0.4, -0.2) is 35.1 Å². The van der Waals surface area contributed by atoms with E-state index in [1.165, 1.54) is 12.8 Å². The van der Waals surface area contributed by atoms with Crippen molar-refractivity contribution in [3.63, 3.8) is 0 Å². The van der Waals surface area contributed by atoms with Crippen LogP contribution in [0.4, 0.5) is 0 Å². The molecule has 0 aromatic carbocycles. The van der Waals surface area contributed by atoms with E-state index < -0.39 is 5.97 Å². The molecule has 0 radical (unpaired) electrons. The summed E-state index contributed by atoms with van der Waals surface area (Å²) in [4.78, 5) is 12.8. The van der Waals surface area contributed by atoms with Gasteiger partial charge in [-0.05, 0) is 38.3 Å². The number of piperidine rings is 1. The van der Waals surface area contributed by atoms with Gasteiger partial charge in [0.25, 0.3) is 0 Å². The van der Waals surface area contributed by atoms with Gasteiger partial charge in [-0.15, -0.1) is 0 Å². The molecule has 3 heteroatoms. The van der Waals surface area contributed by atoms with Crippen LogP contribution in [0, 0.1) is 5.41 Å². The lowest BCUT2D eigenvalue weighted by molar-refractivity contribution is -0.138. The summed E-state index contributed by atoms with van der Waals surface area (Å²) in [6, 6.07) is 0.184. The molecule has 1 N–H and O–H groups in total. The number of rotatable bonds is 3. The molecule has 0 aromatic heterocycles. The lowest BCUT2D eigenvalue weighted by Crippen LogP contribution is -2.43. The van der Waals surface area contributed by atoms with Crippen LogP contribution in [0.1, 0.15) is 40.0 Å². The van der Waals surface area contributed by atoms with E-state index in [2.05, 4.69) is 18.7 Å². The molecule has 1 atom stereocenters. The quantitative estimate of drug-likeness (QED) is 0.755. The maximum Gasteiger partial charge on any atom is 0.304 e. The van der Waals surface area contributed by atoms with Crippen molar-refractivity contribution in [2.75, 3.05) is 13.1 Å². The molecule has 14 heavy (non-hydrogen) atoms. The van der Waals surface area contributed by atoms with Crippen LogP contribution in [0.2, 0.25) is 0 Å². The standard InChI is InChI=1S/C11H21NO2/c1-9(8-10(13)14)12-6-4-11(2,3)5-7-12/h9H,4-8H2,1-3H3,(H,13,14). The third-order valence-corrected chi connectivity index (χ3v) is 3.24. The van der Waals surface area contributed by atoms with Crippen LogP contribution in [0.5, 0.6) is 0 Å². The van der Waals surface area contributed by atoms with E-state index in [1.807, 2.05) is 6.92 Å². The van der Waals surface area contributed by atoms with Crippen molar-refractivity contribution >= 4 is 5.97 Å². The number of aliphatic carboxylic acids is 1. The molecule has 1 fully saturated rings. The van der Waals surface area contributed by atoms with Crippen molar-refractivity contribution in [3.05, 3.63) is 0 Å². The van der Waals surface area contributed by atoms with E-state index in [0.717, 1.165) is 13.1 Å². The highest BCUT2D eigenvalue weighted by molar-refractivity contribution is 5.67. The molecule has 1 heterocycles. The van der Waals surface area contributed by atoms with Crippen LogP contribution in [0.25, 0.3) is 0 Å². The zero-order chi connectivity index (χ0) is 10.8. The van der Waals surface area contributed by atoms with Crippen molar-refractivity contribution in [1.29, 1.82) is 0 Å². The lowest BCUT2D eigenvalue weighted by atomic mass is 9.82. The highest BCUT2D eigenvalue weighted by Crippen LogP contribution is 2.30. The normalized spacial score (nSPS) is 24.5. The minimum atomic E-state index is -0.692. The second-order valence-electron chi connectivity index (χ2n) is 5.15. The fraction of sp³-hybridized carbons (Fsp3) is 0.909. The topological polar surface area (TPSA) is 40.5 Å². The predicted octanol–water partition coefficient (Wildman–Crippen LogP) is 1.97. The molecule has 0 saturated carbocycles. The first-order chi connectivity index (χ1) is 6.41. The maximum absolute atomic E-state index is 10.6. The summed E-state index contributed by atoms with van der Waals surface area (Å²) in [5, 5.41) is 8.69. The molecular formula is C11H21NO2. The largest absolute Gasteiger partial charge is 0.481 e. The van der Waals surface area contributed by atoms with Gasteiger partial charge in [0.1, 0.15) is 0 Å². The predicted molar refractivity (Wildman–Crippen MR) is 56.3 cm³/mol. The smallest absolute Gasteiger partial charge is 0.304 e. The summed E-state index contributed by atoms with van der Waals surface area (Å²) in [6.45, 7) is 8.66. The number of carboxylic acid groups (broad SMARTS) is 1. The molecule has 1 rings (SSSR count). The van der Waals surface area contributed by atoms with Gasteiger partial charge in [0.15, 0.2) is 0 Å². The SMILES string of the molecule is CC(CC(=O)O)N1CCC(C)(C)CC1. The Morgan fingerprint density at radius 3 is 2.36 bits per heavy atom. The highest BCUT2D eigenvalue weighted by Gasteiger charge is 2.28. The first-order valence-corrected chi connectivity index (χ1v) is 5.36. The molecule has 0 spiro atoms. The summed E-state index contributed by atoms with van der Waals surface area (Å²) in [5.74, 6) is -0.692. The van der Waals surface area contributed by atoms with Crippen molar-refractivity contribution in [1.82, 2.24) is 4.90 Å². The van der Waals surface area contributed by atoms with E-state index in [0.29, 0.717) is 5.41 Å². The van der Waals surface area contributed by atoms with Gasteiger partial charge in [-0.25, -0.2) is 0 Å². The van der Waals surface area contributed by atoms with E-state index in [9.17, 15) is 4.79 Å². The van der Waals surface area contributed by atoms with Gasteiger partial charge in [0, 0.05) is 6.04 Å². The van der Waals surface area contributed by atoms with E-state index in [4.69, 9.17) is 5.11 Å². The number of nitrogens with zero attached hydrogens (tertiary/aromatic N) is 1. The number of likely N-dealkylation sites (tertiary alicyclic amines) is 1. The average Bonchev–Trinajstić information content (AvgIpc) is 2.02. The summed E-state index contributed by atoms with van der Waals surface area (Å²) in [5.41, 5.74) is 0.444. The number of carbonyl (C=O) groups is 1. The Bertz CT molecular complexity index is 203. The molecule has 1 saturated heterocycles. The van der Waals surface area contributed by atoms with Gasteiger partial charge in [-0.2, -0.15) is 0 Å². The molecule has 82 valence electrons. The van der Waals surface area contributed by atoms with Gasteiger partial charge in [-0.1, -0.05) is 13.8 Å². The Balaban J connectivity index is 2.37. The average molecular weight is 199 g/mol. The second-order valence-corrected chi connectivity index (χ2v) is 5.15. The molecule has 1 aliphatic rings. The van der Waals surface area contributed by atoms with Gasteiger partial charge >= 0.3 is 5.97 Å². The number of hydrogen-bond donors (Lipinski definition) is 1. The number of carboxylic acids is 1. The van der Waals surface area contributed by atoms with Crippen molar-refractivity contribution in [2.45, 2.75) is 46.1 Å². The van der Waals surface area contributed by atoms with Gasteiger partial charge in [0.05, 0.1) is 6.42 Å². The first-order valence-electron chi connectivity index (χ1n) is 5.36. The van der Waals surface area contributed by atoms with Crippen LogP contribution in [0.3, 0.4) is 0 Å². The molecular weight excluding hydrogens is 178 g/mol. The molecule has 0 aromatic rings. The Hall–Kier alpha value is -0.570. The molecule has 1 unspecified atom stereocenters. The zero-order valence-electron chi connectivity index (χ0n) is 9.42. The molecule has 3 nitrogen and oxygen atoms in total. The Morgan fingerprint density at radius 1 is 1.43 bits per heavy atom. The van der Waals surface area contributed by atoms with Crippen LogP contribution in [-0.2, 0) is 4.79 Å². The minimum absolute atomic E-state index is 0.184. The second kappa shape index (κ2) is 4.30. The van der Waals surface area contributed by atoms with Crippen molar-refractivity contribution in [3.8, 4) is 0 Å². The third kappa shape index (κ3) is 3.29. The summed E-state index contributed by atoms with van der Waals surface area (Å²) < 4.78 is 0. The summed E-state index contributed by atoms with van der Waals surface area (Å²) in [7, 11) is 0. The Labute approximate surface area is 86.1 Å². The van der Waals surface area contributed by atoms with Gasteiger partial charge in [-0.3, -0.25) is 4.79 Å².